The lowest BCUT2D eigenvalue weighted by atomic mass is 10.2. The molecule has 0 bridgehead atoms. The van der Waals surface area contributed by atoms with Crippen molar-refractivity contribution in [3.8, 4) is 0 Å². The number of nitrogens with zero attached hydrogens (tertiary/aromatic N) is 3. The lowest BCUT2D eigenvalue weighted by Gasteiger charge is -2.03. The SMILES string of the molecule is N=C(N)c1nn(Cc2ccccn2)c2c(F)cccc12. The molecule has 0 unspecified atom stereocenters. The van der Waals surface area contributed by atoms with Crippen LogP contribution in [-0.2, 0) is 6.54 Å². The molecule has 0 aliphatic carbocycles. The molecule has 6 heteroatoms. The Morgan fingerprint density at radius 2 is 2.10 bits per heavy atom. The van der Waals surface area contributed by atoms with Crippen LogP contribution in [-0.4, -0.2) is 20.6 Å². The molecule has 0 radical (unpaired) electrons. The van der Waals surface area contributed by atoms with Gasteiger partial charge >= 0.3 is 0 Å². The number of aromatic nitrogens is 3. The molecule has 0 amide bonds. The van der Waals surface area contributed by atoms with E-state index >= 15 is 0 Å². The molecule has 100 valence electrons. The summed E-state index contributed by atoms with van der Waals surface area (Å²) < 4.78 is 15.5. The number of nitrogen functional groups attached to an aromatic ring is 1. The highest BCUT2D eigenvalue weighted by Crippen LogP contribution is 2.22. The van der Waals surface area contributed by atoms with Crippen LogP contribution in [0.25, 0.3) is 10.9 Å². The van der Waals surface area contributed by atoms with Crippen molar-refractivity contribution in [1.82, 2.24) is 14.8 Å². The lowest BCUT2D eigenvalue weighted by molar-refractivity contribution is 0.613. The maximum absolute atomic E-state index is 14.0. The number of para-hydroxylation sites is 1. The fourth-order valence-corrected chi connectivity index (χ4v) is 2.15. The van der Waals surface area contributed by atoms with Crippen molar-refractivity contribution >= 4 is 16.7 Å². The van der Waals surface area contributed by atoms with Gasteiger partial charge in [-0.2, -0.15) is 5.10 Å². The van der Waals surface area contributed by atoms with Crippen molar-refractivity contribution in [2.75, 3.05) is 0 Å². The Morgan fingerprint density at radius 1 is 1.25 bits per heavy atom. The smallest absolute Gasteiger partial charge is 0.149 e. The van der Waals surface area contributed by atoms with Gasteiger partial charge in [0.15, 0.2) is 0 Å². The molecule has 1 aromatic carbocycles. The number of hydrogen-bond donors (Lipinski definition) is 2. The Morgan fingerprint density at radius 3 is 2.80 bits per heavy atom. The van der Waals surface area contributed by atoms with Crippen molar-refractivity contribution in [3.05, 3.63) is 59.8 Å². The van der Waals surface area contributed by atoms with Crippen LogP contribution in [0.3, 0.4) is 0 Å². The van der Waals surface area contributed by atoms with Gasteiger partial charge in [0, 0.05) is 11.6 Å². The highest BCUT2D eigenvalue weighted by Gasteiger charge is 2.16. The van der Waals surface area contributed by atoms with Crippen LogP contribution in [0.15, 0.2) is 42.6 Å². The third-order valence-corrected chi connectivity index (χ3v) is 3.01. The first kappa shape index (κ1) is 12.3. The minimum absolute atomic E-state index is 0.180. The zero-order valence-electron chi connectivity index (χ0n) is 10.5. The molecule has 3 N–H and O–H groups in total. The lowest BCUT2D eigenvalue weighted by Crippen LogP contribution is -2.13. The highest BCUT2D eigenvalue weighted by atomic mass is 19.1. The highest BCUT2D eigenvalue weighted by molar-refractivity contribution is 6.05. The van der Waals surface area contributed by atoms with Crippen molar-refractivity contribution in [3.63, 3.8) is 0 Å². The van der Waals surface area contributed by atoms with E-state index in [1.54, 1.807) is 18.3 Å². The number of fused-ring (bicyclic) bond motifs is 1. The van der Waals surface area contributed by atoms with Gasteiger partial charge in [-0.3, -0.25) is 15.1 Å². The van der Waals surface area contributed by atoms with Crippen LogP contribution in [0.5, 0.6) is 0 Å². The summed E-state index contributed by atoms with van der Waals surface area (Å²) >= 11 is 0. The van der Waals surface area contributed by atoms with Crippen molar-refractivity contribution < 1.29 is 4.39 Å². The molecule has 20 heavy (non-hydrogen) atoms. The Bertz CT molecular complexity index is 779. The second kappa shape index (κ2) is 4.73. The molecule has 3 rings (SSSR count). The zero-order valence-corrected chi connectivity index (χ0v) is 10.5. The number of nitrogens with one attached hydrogen (secondary N) is 1. The first-order valence-electron chi connectivity index (χ1n) is 6.06. The van der Waals surface area contributed by atoms with Crippen LogP contribution in [0.2, 0.25) is 0 Å². The molecule has 5 nitrogen and oxygen atoms in total. The number of amidine groups is 1. The first-order valence-corrected chi connectivity index (χ1v) is 6.06. The summed E-state index contributed by atoms with van der Waals surface area (Å²) in [6.07, 6.45) is 1.67. The quantitative estimate of drug-likeness (QED) is 0.563. The minimum atomic E-state index is -0.390. The van der Waals surface area contributed by atoms with E-state index in [4.69, 9.17) is 11.1 Å². The fourth-order valence-electron chi connectivity index (χ4n) is 2.15. The molecule has 0 fully saturated rings. The average molecular weight is 269 g/mol. The van der Waals surface area contributed by atoms with Gasteiger partial charge in [0.1, 0.15) is 22.9 Å². The average Bonchev–Trinajstić information content (AvgIpc) is 2.80. The Kier molecular flexibility index (Phi) is 2.90. The van der Waals surface area contributed by atoms with Gasteiger partial charge in [0.2, 0.25) is 0 Å². The number of pyridine rings is 1. The van der Waals surface area contributed by atoms with Crippen molar-refractivity contribution in [2.45, 2.75) is 6.54 Å². The van der Waals surface area contributed by atoms with Crippen LogP contribution < -0.4 is 5.73 Å². The van der Waals surface area contributed by atoms with E-state index in [1.807, 2.05) is 18.2 Å². The van der Waals surface area contributed by atoms with Gasteiger partial charge < -0.3 is 5.73 Å². The van der Waals surface area contributed by atoms with E-state index in [0.717, 1.165) is 5.69 Å². The summed E-state index contributed by atoms with van der Waals surface area (Å²) in [6, 6.07) is 10.2. The van der Waals surface area contributed by atoms with Gasteiger partial charge in [-0.25, -0.2) is 4.39 Å². The monoisotopic (exact) mass is 269 g/mol. The minimum Gasteiger partial charge on any atom is -0.382 e. The predicted octanol–water partition coefficient (Wildman–Crippen LogP) is 1.90. The van der Waals surface area contributed by atoms with Gasteiger partial charge in [0.25, 0.3) is 0 Å². The van der Waals surface area contributed by atoms with Crippen LogP contribution in [0, 0.1) is 11.2 Å². The molecular weight excluding hydrogens is 257 g/mol. The van der Waals surface area contributed by atoms with Gasteiger partial charge in [-0.1, -0.05) is 18.2 Å². The standard InChI is InChI=1S/C14H12FN5/c15-11-6-3-5-10-12(14(16)17)19-20(13(10)11)8-9-4-1-2-7-18-9/h1-7H,8H2,(H3,16,17). The van der Waals surface area contributed by atoms with Gasteiger partial charge in [0.05, 0.1) is 12.2 Å². The van der Waals surface area contributed by atoms with Crippen LogP contribution in [0.1, 0.15) is 11.4 Å². The molecule has 0 aliphatic rings. The van der Waals surface area contributed by atoms with E-state index in [9.17, 15) is 4.39 Å². The van der Waals surface area contributed by atoms with Crippen LogP contribution >= 0.6 is 0 Å². The van der Waals surface area contributed by atoms with E-state index < -0.39 is 5.82 Å². The molecule has 0 aliphatic heterocycles. The summed E-state index contributed by atoms with van der Waals surface area (Å²) in [6.45, 7) is 0.325. The number of hydrogen-bond acceptors (Lipinski definition) is 3. The molecule has 2 aromatic heterocycles. The Hall–Kier alpha value is -2.76. The second-order valence-corrected chi connectivity index (χ2v) is 4.38. The Balaban J connectivity index is 2.18. The second-order valence-electron chi connectivity index (χ2n) is 4.38. The van der Waals surface area contributed by atoms with Crippen LogP contribution in [0.4, 0.5) is 4.39 Å². The van der Waals surface area contributed by atoms with E-state index in [-0.39, 0.29) is 11.5 Å². The molecule has 0 saturated heterocycles. The normalized spacial score (nSPS) is 10.8. The number of halogens is 1. The molecule has 0 saturated carbocycles. The zero-order chi connectivity index (χ0) is 14.1. The van der Waals surface area contributed by atoms with Gasteiger partial charge in [-0.05, 0) is 18.2 Å². The summed E-state index contributed by atoms with van der Waals surface area (Å²) in [5.74, 6) is -0.571. The molecular formula is C14H12FN5. The third-order valence-electron chi connectivity index (χ3n) is 3.01. The summed E-state index contributed by atoms with van der Waals surface area (Å²) in [5.41, 5.74) is 6.89. The molecule has 0 spiro atoms. The maximum atomic E-state index is 14.0. The summed E-state index contributed by atoms with van der Waals surface area (Å²) in [7, 11) is 0. The first-order chi connectivity index (χ1) is 9.66. The molecule has 2 heterocycles. The number of nitrogens with two attached hydrogens (primary N) is 1. The molecule has 3 aromatic rings. The topological polar surface area (TPSA) is 80.6 Å². The summed E-state index contributed by atoms with van der Waals surface area (Å²) in [4.78, 5) is 4.20. The molecule has 0 atom stereocenters. The largest absolute Gasteiger partial charge is 0.382 e. The maximum Gasteiger partial charge on any atom is 0.149 e. The third kappa shape index (κ3) is 2.01. The fraction of sp³-hybridized carbons (Fsp3) is 0.0714. The number of benzene rings is 1. The van der Waals surface area contributed by atoms with E-state index in [1.165, 1.54) is 10.7 Å². The van der Waals surface area contributed by atoms with E-state index in [2.05, 4.69) is 10.1 Å². The Labute approximate surface area is 114 Å². The van der Waals surface area contributed by atoms with E-state index in [0.29, 0.717) is 17.4 Å². The van der Waals surface area contributed by atoms with Crippen molar-refractivity contribution in [1.29, 1.82) is 5.41 Å². The number of rotatable bonds is 3. The van der Waals surface area contributed by atoms with Gasteiger partial charge in [-0.15, -0.1) is 0 Å². The van der Waals surface area contributed by atoms with Crippen molar-refractivity contribution in [2.24, 2.45) is 5.73 Å². The predicted molar refractivity (Wildman–Crippen MR) is 74.0 cm³/mol. The summed E-state index contributed by atoms with van der Waals surface area (Å²) in [5, 5.41) is 12.3.